The van der Waals surface area contributed by atoms with Crippen molar-refractivity contribution >= 4 is 23.3 Å². The van der Waals surface area contributed by atoms with Crippen LogP contribution in [0.25, 0.3) is 0 Å². The zero-order valence-corrected chi connectivity index (χ0v) is 22.5. The Morgan fingerprint density at radius 3 is 2.78 bits per heavy atom. The molecule has 5 rings (SSSR count). The largest absolute Gasteiger partial charge is 0.423 e. The Morgan fingerprint density at radius 1 is 1.29 bits per heavy atom. The minimum absolute atomic E-state index is 0.00836. The summed E-state index contributed by atoms with van der Waals surface area (Å²) in [5.74, 6) is 0.614. The van der Waals surface area contributed by atoms with E-state index in [0.717, 1.165) is 6.20 Å². The fourth-order valence-electron chi connectivity index (χ4n) is 5.35. The average Bonchev–Trinajstić information content (AvgIpc) is 3.54. The Bertz CT molecular complexity index is 1380. The van der Waals surface area contributed by atoms with Gasteiger partial charge in [-0.2, -0.15) is 36.7 Å². The lowest BCUT2D eigenvalue weighted by molar-refractivity contribution is -0.190. The van der Waals surface area contributed by atoms with Gasteiger partial charge in [-0.1, -0.05) is 0 Å². The summed E-state index contributed by atoms with van der Waals surface area (Å²) in [7, 11) is 0. The van der Waals surface area contributed by atoms with E-state index in [-0.39, 0.29) is 44.5 Å². The Morgan fingerprint density at radius 2 is 2.07 bits per heavy atom. The highest BCUT2D eigenvalue weighted by atomic mass is 32.2. The van der Waals surface area contributed by atoms with Crippen LogP contribution in [0.2, 0.25) is 0 Å². The molecule has 0 amide bonds. The van der Waals surface area contributed by atoms with Crippen LogP contribution in [0.3, 0.4) is 0 Å². The molecular weight excluding hydrogens is 578 g/mol. The second-order valence-corrected chi connectivity index (χ2v) is 12.0. The number of anilines is 2. The van der Waals surface area contributed by atoms with E-state index in [1.807, 2.05) is 11.0 Å². The second-order valence-electron chi connectivity index (χ2n) is 10.4. The Balaban J connectivity index is 1.15. The molecule has 2 N–H and O–H groups in total. The summed E-state index contributed by atoms with van der Waals surface area (Å²) >= 11 is 1.25. The van der Waals surface area contributed by atoms with Gasteiger partial charge in [0.1, 0.15) is 17.7 Å². The van der Waals surface area contributed by atoms with Crippen molar-refractivity contribution in [3.8, 4) is 6.07 Å². The molecule has 0 saturated carbocycles. The number of halogens is 6. The van der Waals surface area contributed by atoms with Crippen LogP contribution in [-0.4, -0.2) is 86.3 Å². The molecule has 4 atom stereocenters. The summed E-state index contributed by atoms with van der Waals surface area (Å²) in [6.07, 6.45) is -6.31. The minimum atomic E-state index is -4.89. The molecule has 2 fully saturated rings. The van der Waals surface area contributed by atoms with E-state index >= 15 is 0 Å². The van der Waals surface area contributed by atoms with Crippen molar-refractivity contribution in [1.82, 2.24) is 25.1 Å². The van der Waals surface area contributed by atoms with E-state index in [4.69, 9.17) is 10.00 Å². The van der Waals surface area contributed by atoms with Crippen LogP contribution in [0.5, 0.6) is 0 Å². The van der Waals surface area contributed by atoms with E-state index < -0.39 is 45.3 Å². The van der Waals surface area contributed by atoms with E-state index in [1.54, 1.807) is 12.0 Å². The number of nitrogens with zero attached hydrogens (tertiary/aromatic N) is 6. The van der Waals surface area contributed by atoms with Gasteiger partial charge in [0.15, 0.2) is 11.5 Å². The summed E-state index contributed by atoms with van der Waals surface area (Å²) in [6.45, 7) is 2.22. The first-order valence-electron chi connectivity index (χ1n) is 12.8. The number of alkyl halides is 6. The topological polar surface area (TPSA) is 123 Å². The van der Waals surface area contributed by atoms with Gasteiger partial charge in [0.2, 0.25) is 0 Å². The van der Waals surface area contributed by atoms with Crippen molar-refractivity contribution in [3.05, 3.63) is 39.7 Å². The smallest absolute Gasteiger partial charge is 0.380 e. The van der Waals surface area contributed by atoms with Gasteiger partial charge in [0.05, 0.1) is 40.5 Å². The first-order chi connectivity index (χ1) is 19.3. The molecule has 41 heavy (non-hydrogen) atoms. The number of hydrogen-bond donors (Lipinski definition) is 2. The van der Waals surface area contributed by atoms with Crippen molar-refractivity contribution in [1.29, 1.82) is 5.26 Å². The first kappa shape index (κ1) is 29.4. The number of H-pyrrole nitrogens is 1. The predicted molar refractivity (Wildman–Crippen MR) is 136 cm³/mol. The lowest BCUT2D eigenvalue weighted by Gasteiger charge is -2.47. The van der Waals surface area contributed by atoms with E-state index in [9.17, 15) is 31.1 Å². The third-order valence-electron chi connectivity index (χ3n) is 7.49. The number of aryl methyl sites for hydroxylation is 1. The van der Waals surface area contributed by atoms with E-state index in [2.05, 4.69) is 20.4 Å². The van der Waals surface area contributed by atoms with Gasteiger partial charge in [-0.15, -0.1) is 11.8 Å². The number of aromatic nitrogens is 4. The van der Waals surface area contributed by atoms with Gasteiger partial charge in [0.25, 0.3) is 5.56 Å². The zero-order chi connectivity index (χ0) is 29.6. The highest BCUT2D eigenvalue weighted by molar-refractivity contribution is 8.08. The second kappa shape index (κ2) is 11.0. The normalized spacial score (nSPS) is 25.2. The maximum absolute atomic E-state index is 14.1. The number of fused-ring (bicyclic) bond motifs is 3. The highest BCUT2D eigenvalue weighted by Gasteiger charge is 2.53. The molecule has 0 aromatic carbocycles. The van der Waals surface area contributed by atoms with Gasteiger partial charge in [-0.3, -0.25) is 9.69 Å². The van der Waals surface area contributed by atoms with Crippen molar-refractivity contribution in [3.63, 3.8) is 0 Å². The molecule has 3 aliphatic rings. The third kappa shape index (κ3) is 6.24. The fraction of sp³-hybridized carbons (Fsp3) is 0.625. The monoisotopic (exact) mass is 604 g/mol. The number of nitrogens with one attached hydrogen (secondary N) is 2. The number of thioether (sulfide) groups is 1. The molecule has 10 nitrogen and oxygen atoms in total. The van der Waals surface area contributed by atoms with Crippen LogP contribution in [0.15, 0.2) is 17.2 Å². The summed E-state index contributed by atoms with van der Waals surface area (Å²) in [6, 6.07) is 0.0631. The highest BCUT2D eigenvalue weighted by Crippen LogP contribution is 2.53. The molecular formula is C24H26F6N8O2S. The summed E-state index contributed by atoms with van der Waals surface area (Å²) in [4.78, 5) is 23.7. The van der Waals surface area contributed by atoms with E-state index in [1.165, 1.54) is 22.9 Å². The molecule has 0 bridgehead atoms. The van der Waals surface area contributed by atoms with Crippen LogP contribution < -0.4 is 15.8 Å². The SMILES string of the molecule is C[C@@]1(COCC[C@@H](N2CCN3c4ncc(C#N)nc4CC[C@@H]3C2)C(F)(F)F)SC1Nc1cn[nH]c(=O)c1C(F)(F)F. The van der Waals surface area contributed by atoms with Crippen molar-refractivity contribution in [2.24, 2.45) is 0 Å². The lowest BCUT2D eigenvalue weighted by atomic mass is 9.97. The Labute approximate surface area is 234 Å². The molecule has 5 heterocycles. The molecule has 3 aliphatic heterocycles. The fourth-order valence-corrected chi connectivity index (χ4v) is 6.29. The van der Waals surface area contributed by atoms with Crippen molar-refractivity contribution in [2.45, 2.75) is 60.7 Å². The van der Waals surface area contributed by atoms with Gasteiger partial charge >= 0.3 is 12.4 Å². The molecule has 0 aliphatic carbocycles. The number of rotatable bonds is 8. The average molecular weight is 605 g/mol. The molecule has 2 aromatic rings. The van der Waals surface area contributed by atoms with Gasteiger partial charge < -0.3 is 15.0 Å². The molecule has 2 aromatic heterocycles. The number of piperazine rings is 1. The number of nitriles is 1. The minimum Gasteiger partial charge on any atom is -0.380 e. The van der Waals surface area contributed by atoms with Crippen molar-refractivity contribution < 1.29 is 31.1 Å². The van der Waals surface area contributed by atoms with Gasteiger partial charge in [-0.05, 0) is 26.2 Å². The third-order valence-corrected chi connectivity index (χ3v) is 9.00. The molecule has 0 radical (unpaired) electrons. The Kier molecular flexibility index (Phi) is 7.85. The van der Waals surface area contributed by atoms with E-state index in [0.29, 0.717) is 30.9 Å². The lowest BCUT2D eigenvalue weighted by Crippen LogP contribution is -2.60. The summed E-state index contributed by atoms with van der Waals surface area (Å²) < 4.78 is 87.1. The zero-order valence-electron chi connectivity index (χ0n) is 21.7. The maximum atomic E-state index is 14.1. The number of aromatic amines is 1. The van der Waals surface area contributed by atoms with Crippen LogP contribution in [0.1, 0.15) is 36.7 Å². The van der Waals surface area contributed by atoms with Crippen LogP contribution >= 0.6 is 11.8 Å². The quantitative estimate of drug-likeness (QED) is 0.264. The maximum Gasteiger partial charge on any atom is 0.423 e. The predicted octanol–water partition coefficient (Wildman–Crippen LogP) is 3.17. The molecule has 2 saturated heterocycles. The van der Waals surface area contributed by atoms with Gasteiger partial charge in [0, 0.05) is 32.3 Å². The van der Waals surface area contributed by atoms with Crippen molar-refractivity contribution in [2.75, 3.05) is 43.1 Å². The van der Waals surface area contributed by atoms with Crippen LogP contribution in [-0.2, 0) is 17.3 Å². The molecule has 17 heteroatoms. The standard InChI is InChI=1S/C24H26F6N8O2S/c1-22(21(41-22)35-16-10-33-36-20(39)18(16)24(28,29)30)12-40-7-4-17(23(25,26)27)37-5-6-38-14(11-37)2-3-15-19(38)32-9-13(8-31)34-15/h9-10,14,17,21H,2-7,11-12H2,1H3,(H2,35,36,39)/t14-,17-,21?,22+/m1/s1. The Hall–Kier alpha value is -3.10. The molecule has 222 valence electrons. The van der Waals surface area contributed by atoms with Crippen LogP contribution in [0, 0.1) is 11.3 Å². The molecule has 0 spiro atoms. The number of hydrogen-bond acceptors (Lipinski definition) is 10. The number of ether oxygens (including phenoxy) is 1. The van der Waals surface area contributed by atoms with Crippen LogP contribution in [0.4, 0.5) is 37.8 Å². The summed E-state index contributed by atoms with van der Waals surface area (Å²) in [5.41, 5.74) is -2.35. The molecule has 1 unspecified atom stereocenters. The summed E-state index contributed by atoms with van der Waals surface area (Å²) in [5, 5.41) is 16.3. The first-order valence-corrected chi connectivity index (χ1v) is 13.7. The van der Waals surface area contributed by atoms with Gasteiger partial charge in [-0.25, -0.2) is 15.1 Å².